The van der Waals surface area contributed by atoms with Crippen molar-refractivity contribution in [2.45, 2.75) is 39.6 Å². The van der Waals surface area contributed by atoms with Gasteiger partial charge in [-0.2, -0.15) is 0 Å². The van der Waals surface area contributed by atoms with E-state index in [0.29, 0.717) is 12.8 Å². The smallest absolute Gasteiger partial charge is 0.303 e. The average Bonchev–Trinajstić information content (AvgIpc) is 2.60. The molecular weight excluding hydrogens is 356 g/mol. The number of benzene rings is 2. The van der Waals surface area contributed by atoms with Gasteiger partial charge in [-0.05, 0) is 37.1 Å². The second kappa shape index (κ2) is 9.53. The van der Waals surface area contributed by atoms with Gasteiger partial charge in [0.2, 0.25) is 0 Å². The van der Waals surface area contributed by atoms with Gasteiger partial charge in [-0.1, -0.05) is 36.4 Å². The molecule has 0 heterocycles. The Morgan fingerprint density at radius 1 is 0.720 bits per heavy atom. The van der Waals surface area contributed by atoms with Crippen molar-refractivity contribution in [1.82, 2.24) is 0 Å². The summed E-state index contributed by atoms with van der Waals surface area (Å²) in [6.45, 7) is 0. The molecule has 25 heavy (non-hydrogen) atoms. The Morgan fingerprint density at radius 2 is 1.08 bits per heavy atom. The summed E-state index contributed by atoms with van der Waals surface area (Å²) < 4.78 is -0.556. The molecule has 0 saturated heterocycles. The third kappa shape index (κ3) is 6.84. The molecule has 0 aromatic heterocycles. The number of aliphatic carboxylic acids is 2. The van der Waals surface area contributed by atoms with E-state index >= 15 is 0 Å². The van der Waals surface area contributed by atoms with Crippen molar-refractivity contribution in [2.24, 2.45) is 0 Å². The Kier molecular flexibility index (Phi) is 7.40. The highest BCUT2D eigenvalue weighted by molar-refractivity contribution is 8.18. The van der Waals surface area contributed by atoms with Gasteiger partial charge in [-0.3, -0.25) is 9.59 Å². The molecule has 0 aliphatic carbocycles. The molecular formula is C19H20O4S2. The van der Waals surface area contributed by atoms with Gasteiger partial charge in [-0.15, -0.1) is 23.5 Å². The van der Waals surface area contributed by atoms with Gasteiger partial charge in [-0.25, -0.2) is 0 Å². The zero-order valence-corrected chi connectivity index (χ0v) is 15.3. The maximum atomic E-state index is 11.2. The van der Waals surface area contributed by atoms with Crippen LogP contribution in [0.1, 0.15) is 25.7 Å². The molecule has 0 bridgehead atoms. The molecule has 0 saturated carbocycles. The van der Waals surface area contributed by atoms with Crippen molar-refractivity contribution in [2.75, 3.05) is 0 Å². The molecule has 4 nitrogen and oxygen atoms in total. The van der Waals surface area contributed by atoms with Crippen LogP contribution in [-0.2, 0) is 9.59 Å². The van der Waals surface area contributed by atoms with E-state index < -0.39 is 16.0 Å². The van der Waals surface area contributed by atoms with Crippen molar-refractivity contribution in [3.05, 3.63) is 60.7 Å². The maximum Gasteiger partial charge on any atom is 0.303 e. The number of carboxylic acid groups (broad SMARTS) is 2. The highest BCUT2D eigenvalue weighted by Gasteiger charge is 2.34. The van der Waals surface area contributed by atoms with Crippen LogP contribution in [0, 0.1) is 0 Å². The second-order valence-electron chi connectivity index (χ2n) is 5.53. The molecule has 6 heteroatoms. The molecule has 0 unspecified atom stereocenters. The van der Waals surface area contributed by atoms with E-state index in [2.05, 4.69) is 0 Å². The highest BCUT2D eigenvalue weighted by Crippen LogP contribution is 2.51. The molecule has 2 aromatic carbocycles. The number of rotatable bonds is 10. The lowest BCUT2D eigenvalue weighted by Crippen LogP contribution is -2.23. The molecule has 0 aliphatic rings. The lowest BCUT2D eigenvalue weighted by molar-refractivity contribution is -0.137. The summed E-state index contributed by atoms with van der Waals surface area (Å²) in [5, 5.41) is 18.3. The molecule has 2 N–H and O–H groups in total. The molecule has 132 valence electrons. The Balaban J connectivity index is 2.31. The fraction of sp³-hybridized carbons (Fsp3) is 0.263. The van der Waals surface area contributed by atoms with Gasteiger partial charge in [0.05, 0.1) is 4.08 Å². The van der Waals surface area contributed by atoms with Gasteiger partial charge in [0.1, 0.15) is 0 Å². The van der Waals surface area contributed by atoms with Crippen LogP contribution in [0.25, 0.3) is 0 Å². The first-order valence-corrected chi connectivity index (χ1v) is 9.54. The first-order chi connectivity index (χ1) is 12.0. The van der Waals surface area contributed by atoms with E-state index in [1.54, 1.807) is 23.5 Å². The fourth-order valence-electron chi connectivity index (χ4n) is 2.35. The predicted octanol–water partition coefficient (Wildman–Crippen LogP) is 5.00. The van der Waals surface area contributed by atoms with Crippen molar-refractivity contribution in [3.63, 3.8) is 0 Å². The Morgan fingerprint density at radius 3 is 1.40 bits per heavy atom. The van der Waals surface area contributed by atoms with Crippen LogP contribution in [0.5, 0.6) is 0 Å². The van der Waals surface area contributed by atoms with E-state index in [-0.39, 0.29) is 12.8 Å². The molecule has 2 aromatic rings. The number of carboxylic acids is 2. The summed E-state index contributed by atoms with van der Waals surface area (Å²) in [6, 6.07) is 19.4. The third-order valence-corrected chi connectivity index (χ3v) is 6.61. The zero-order valence-electron chi connectivity index (χ0n) is 13.6. The summed E-state index contributed by atoms with van der Waals surface area (Å²) in [7, 11) is 0. The van der Waals surface area contributed by atoms with Crippen LogP contribution in [0.15, 0.2) is 70.5 Å². The van der Waals surface area contributed by atoms with Crippen LogP contribution >= 0.6 is 23.5 Å². The van der Waals surface area contributed by atoms with Crippen molar-refractivity contribution < 1.29 is 19.8 Å². The molecule has 2 rings (SSSR count). The highest BCUT2D eigenvalue weighted by atomic mass is 32.2. The SMILES string of the molecule is O=C(O)CCC(CCC(=O)O)(Sc1ccccc1)Sc1ccccc1. The van der Waals surface area contributed by atoms with Gasteiger partial charge in [0.25, 0.3) is 0 Å². The minimum atomic E-state index is -0.873. The maximum absolute atomic E-state index is 11.2. The van der Waals surface area contributed by atoms with Crippen LogP contribution < -0.4 is 0 Å². The summed E-state index contributed by atoms with van der Waals surface area (Å²) >= 11 is 3.10. The summed E-state index contributed by atoms with van der Waals surface area (Å²) in [5.41, 5.74) is 0. The third-order valence-electron chi connectivity index (χ3n) is 3.53. The lowest BCUT2D eigenvalue weighted by Gasteiger charge is -2.32. The van der Waals surface area contributed by atoms with E-state index in [9.17, 15) is 9.59 Å². The van der Waals surface area contributed by atoms with Crippen LogP contribution in [0.4, 0.5) is 0 Å². The van der Waals surface area contributed by atoms with Gasteiger partial charge >= 0.3 is 11.9 Å². The van der Waals surface area contributed by atoms with E-state index in [4.69, 9.17) is 10.2 Å². The topological polar surface area (TPSA) is 74.6 Å². The quantitative estimate of drug-likeness (QED) is 0.449. The number of thioether (sulfide) groups is 2. The molecule has 0 atom stereocenters. The summed E-state index contributed by atoms with van der Waals surface area (Å²) in [4.78, 5) is 24.3. The first-order valence-electron chi connectivity index (χ1n) is 7.91. The molecule has 0 radical (unpaired) electrons. The monoisotopic (exact) mass is 376 g/mol. The van der Waals surface area contributed by atoms with Crippen molar-refractivity contribution in [3.8, 4) is 0 Å². The van der Waals surface area contributed by atoms with E-state index in [1.807, 2.05) is 60.7 Å². The Hall–Kier alpha value is -1.92. The van der Waals surface area contributed by atoms with Crippen LogP contribution in [-0.4, -0.2) is 26.2 Å². The van der Waals surface area contributed by atoms with Crippen molar-refractivity contribution >= 4 is 35.5 Å². The Labute approximate surface area is 155 Å². The van der Waals surface area contributed by atoms with Gasteiger partial charge in [0.15, 0.2) is 0 Å². The van der Waals surface area contributed by atoms with E-state index in [1.165, 1.54) is 0 Å². The molecule has 0 fully saturated rings. The van der Waals surface area contributed by atoms with Crippen molar-refractivity contribution in [1.29, 1.82) is 0 Å². The molecule has 0 amide bonds. The lowest BCUT2D eigenvalue weighted by atomic mass is 10.1. The molecule has 0 spiro atoms. The normalized spacial score (nSPS) is 11.2. The summed E-state index contributed by atoms with van der Waals surface area (Å²) in [5.74, 6) is -1.75. The first kappa shape index (κ1) is 19.4. The van der Waals surface area contributed by atoms with Crippen LogP contribution in [0.2, 0.25) is 0 Å². The summed E-state index contributed by atoms with van der Waals surface area (Å²) in [6.07, 6.45) is 0.766. The predicted molar refractivity (Wildman–Crippen MR) is 101 cm³/mol. The number of carbonyl (C=O) groups is 2. The fourth-order valence-corrected chi connectivity index (χ4v) is 5.36. The van der Waals surface area contributed by atoms with Crippen LogP contribution in [0.3, 0.4) is 0 Å². The molecule has 0 aliphatic heterocycles. The second-order valence-corrected chi connectivity index (χ2v) is 8.70. The Bertz CT molecular complexity index is 628. The minimum absolute atomic E-state index is 0.000708. The largest absolute Gasteiger partial charge is 0.481 e. The van der Waals surface area contributed by atoms with Gasteiger partial charge in [0, 0.05) is 22.6 Å². The zero-order chi connectivity index (χ0) is 18.1. The van der Waals surface area contributed by atoms with E-state index in [0.717, 1.165) is 9.79 Å². The average molecular weight is 376 g/mol. The standard InChI is InChI=1S/C19H20O4S2/c20-17(21)11-13-19(14-12-18(22)23,24-15-7-3-1-4-8-15)25-16-9-5-2-6-10-16/h1-10H,11-14H2,(H,20,21)(H,22,23). The van der Waals surface area contributed by atoms with Gasteiger partial charge < -0.3 is 10.2 Å². The number of hydrogen-bond acceptors (Lipinski definition) is 4. The number of hydrogen-bond donors (Lipinski definition) is 2. The minimum Gasteiger partial charge on any atom is -0.481 e.